The minimum Gasteiger partial charge on any atom is -0.459 e. The molecule has 5 heterocycles. The van der Waals surface area contributed by atoms with Gasteiger partial charge in [-0.05, 0) is 64.0 Å². The van der Waals surface area contributed by atoms with Crippen molar-refractivity contribution in [1.29, 1.82) is 0 Å². The average molecular weight is 576 g/mol. The van der Waals surface area contributed by atoms with E-state index in [-0.39, 0.29) is 36.6 Å². The fourth-order valence-electron chi connectivity index (χ4n) is 5.69. The molecule has 0 aliphatic carbocycles. The van der Waals surface area contributed by atoms with Crippen LogP contribution in [0.15, 0.2) is 23.0 Å². The van der Waals surface area contributed by atoms with Crippen LogP contribution < -0.4 is 20.3 Å². The summed E-state index contributed by atoms with van der Waals surface area (Å²) in [5, 5.41) is 14.6. The molecule has 42 heavy (non-hydrogen) atoms. The molecular formula is C29H33BN4O8. The number of nitrogens with zero attached hydrogens (tertiary/aromatic N) is 3. The highest BCUT2D eigenvalue weighted by atomic mass is 16.7. The lowest BCUT2D eigenvalue weighted by Gasteiger charge is -2.29. The normalized spacial score (nSPS) is 18.5. The summed E-state index contributed by atoms with van der Waals surface area (Å²) >= 11 is 0. The van der Waals surface area contributed by atoms with Crippen molar-refractivity contribution in [2.24, 2.45) is 0 Å². The van der Waals surface area contributed by atoms with E-state index in [1.807, 2.05) is 40.0 Å². The van der Waals surface area contributed by atoms with Gasteiger partial charge in [0, 0.05) is 30.1 Å². The molecule has 0 fully saturated rings. The van der Waals surface area contributed by atoms with E-state index in [0.29, 0.717) is 54.5 Å². The van der Waals surface area contributed by atoms with Gasteiger partial charge in [0.2, 0.25) is 6.79 Å². The number of esters is 1. The number of benzene rings is 1. The molecule has 0 bridgehead atoms. The Morgan fingerprint density at radius 3 is 2.67 bits per heavy atom. The number of aliphatic hydroxyl groups is 1. The average Bonchev–Trinajstić information content (AvgIpc) is 3.51. The number of nitrogens with one attached hydrogen (secondary N) is 1. The molecule has 3 aliphatic rings. The maximum atomic E-state index is 13.6. The first kappa shape index (κ1) is 28.0. The van der Waals surface area contributed by atoms with Crippen LogP contribution in [0.5, 0.6) is 11.5 Å². The first-order valence-corrected chi connectivity index (χ1v) is 13.9. The van der Waals surface area contributed by atoms with Gasteiger partial charge in [0.15, 0.2) is 19.3 Å². The van der Waals surface area contributed by atoms with Gasteiger partial charge >= 0.3 is 12.1 Å². The molecule has 12 nitrogen and oxygen atoms in total. The molecule has 220 valence electrons. The number of cyclic esters (lactones) is 1. The molecule has 3 aromatic rings. The lowest BCUT2D eigenvalue weighted by atomic mass is 9.73. The maximum Gasteiger partial charge on any atom is 0.407 e. The van der Waals surface area contributed by atoms with Crippen LogP contribution in [0.1, 0.15) is 49.4 Å². The van der Waals surface area contributed by atoms with Crippen LogP contribution in [0.25, 0.3) is 22.3 Å². The van der Waals surface area contributed by atoms with E-state index in [2.05, 4.69) is 10.2 Å². The summed E-state index contributed by atoms with van der Waals surface area (Å²) < 4.78 is 23.3. The predicted octanol–water partition coefficient (Wildman–Crippen LogP) is 1.34. The highest BCUT2D eigenvalue weighted by Gasteiger charge is 2.43. The molecular weight excluding hydrogens is 543 g/mol. The Morgan fingerprint density at radius 2 is 1.93 bits per heavy atom. The number of rotatable bonds is 6. The largest absolute Gasteiger partial charge is 0.459 e. The quantitative estimate of drug-likeness (QED) is 0.196. The van der Waals surface area contributed by atoms with Crippen molar-refractivity contribution in [2.75, 3.05) is 26.9 Å². The van der Waals surface area contributed by atoms with Gasteiger partial charge in [-0.1, -0.05) is 0 Å². The van der Waals surface area contributed by atoms with Gasteiger partial charge in [-0.3, -0.25) is 4.79 Å². The second kappa shape index (κ2) is 10.0. The van der Waals surface area contributed by atoms with Crippen LogP contribution in [0.2, 0.25) is 0 Å². The fourth-order valence-corrected chi connectivity index (χ4v) is 5.69. The second-order valence-corrected chi connectivity index (χ2v) is 12.1. The monoisotopic (exact) mass is 576 g/mol. The van der Waals surface area contributed by atoms with Crippen molar-refractivity contribution in [3.8, 4) is 22.9 Å². The van der Waals surface area contributed by atoms with Crippen molar-refractivity contribution < 1.29 is 33.6 Å². The summed E-state index contributed by atoms with van der Waals surface area (Å²) in [5.41, 5.74) is 1.38. The minimum absolute atomic E-state index is 0.126. The van der Waals surface area contributed by atoms with Gasteiger partial charge in [-0.25, -0.2) is 14.6 Å². The van der Waals surface area contributed by atoms with E-state index >= 15 is 0 Å². The van der Waals surface area contributed by atoms with Crippen LogP contribution in [0.4, 0.5) is 4.79 Å². The van der Waals surface area contributed by atoms with E-state index in [0.717, 1.165) is 16.5 Å². The van der Waals surface area contributed by atoms with E-state index < -0.39 is 23.2 Å². The second-order valence-electron chi connectivity index (χ2n) is 12.1. The number of ether oxygens (including phenoxy) is 4. The summed E-state index contributed by atoms with van der Waals surface area (Å²) in [6, 6.07) is 5.44. The summed E-state index contributed by atoms with van der Waals surface area (Å²) in [5.74, 6) is 0.429. The van der Waals surface area contributed by atoms with E-state index in [1.165, 1.54) is 7.85 Å². The van der Waals surface area contributed by atoms with Crippen LogP contribution >= 0.6 is 0 Å². The van der Waals surface area contributed by atoms with Crippen molar-refractivity contribution in [3.05, 3.63) is 50.8 Å². The Morgan fingerprint density at radius 1 is 1.19 bits per heavy atom. The first-order chi connectivity index (χ1) is 19.8. The molecule has 0 saturated carbocycles. The Labute approximate surface area is 242 Å². The van der Waals surface area contributed by atoms with Crippen LogP contribution in [0, 0.1) is 0 Å². The lowest BCUT2D eigenvalue weighted by Crippen LogP contribution is -2.45. The number of aromatic nitrogens is 2. The number of amides is 1. The topological polar surface area (TPSA) is 141 Å². The molecule has 1 atom stereocenters. The predicted molar refractivity (Wildman–Crippen MR) is 154 cm³/mol. The number of hydrogen-bond donors (Lipinski definition) is 2. The van der Waals surface area contributed by atoms with Crippen LogP contribution in [0.3, 0.4) is 0 Å². The molecule has 6 rings (SSSR count). The highest BCUT2D eigenvalue weighted by Crippen LogP contribution is 2.42. The Hall–Kier alpha value is -4.10. The number of hydrogen-bond acceptors (Lipinski definition) is 10. The smallest absolute Gasteiger partial charge is 0.407 e. The van der Waals surface area contributed by atoms with E-state index in [1.54, 1.807) is 10.6 Å². The molecule has 13 heteroatoms. The number of alkyl carbamates (subject to hydrolysis) is 1. The van der Waals surface area contributed by atoms with Crippen molar-refractivity contribution in [1.82, 2.24) is 19.8 Å². The zero-order valence-electron chi connectivity index (χ0n) is 24.3. The number of carbonyl (C=O) groups excluding carboxylic acids is 2. The van der Waals surface area contributed by atoms with Crippen LogP contribution in [-0.2, 0) is 39.5 Å². The molecule has 2 aromatic heterocycles. The first-order valence-electron chi connectivity index (χ1n) is 13.9. The molecule has 1 amide bonds. The molecule has 3 aliphatic heterocycles. The Kier molecular flexibility index (Phi) is 6.69. The zero-order valence-corrected chi connectivity index (χ0v) is 24.3. The fraction of sp³-hybridized carbons (Fsp3) is 0.448. The molecule has 0 unspecified atom stereocenters. The van der Waals surface area contributed by atoms with Gasteiger partial charge in [-0.15, -0.1) is 0 Å². The van der Waals surface area contributed by atoms with Crippen molar-refractivity contribution >= 4 is 30.8 Å². The lowest BCUT2D eigenvalue weighted by molar-refractivity contribution is -0.162. The van der Waals surface area contributed by atoms with Gasteiger partial charge < -0.3 is 38.8 Å². The molecule has 2 N–H and O–H groups in total. The third kappa shape index (κ3) is 4.86. The third-order valence-corrected chi connectivity index (χ3v) is 7.74. The van der Waals surface area contributed by atoms with Crippen LogP contribution in [-0.4, -0.2) is 72.0 Å². The third-order valence-electron chi connectivity index (χ3n) is 7.74. The standard InChI is InChI=1S/C29H33BN4O8/c1-28(2,3)42-27(37)31-6-5-7-33(4)11-16-15-8-22-23(41-14-40-22)10-20(15)32-24-17(16)12-34-21(24)9-19-18(25(34)35)13-39-26(36)29(19,30)38/h8-10,38H,5-7,11-14,30H2,1-4H3,(H,31,37)/t29-/m0/s1. The summed E-state index contributed by atoms with van der Waals surface area (Å²) in [7, 11) is 3.33. The summed E-state index contributed by atoms with van der Waals surface area (Å²) in [6.07, 6.45) is 0.249. The van der Waals surface area contributed by atoms with Gasteiger partial charge in [-0.2, -0.15) is 0 Å². The Balaban J connectivity index is 1.34. The van der Waals surface area contributed by atoms with Gasteiger partial charge in [0.25, 0.3) is 5.56 Å². The molecule has 0 saturated heterocycles. The van der Waals surface area contributed by atoms with E-state index in [4.69, 9.17) is 23.9 Å². The Bertz CT molecular complexity index is 1690. The van der Waals surface area contributed by atoms with Crippen molar-refractivity contribution in [3.63, 3.8) is 0 Å². The maximum absolute atomic E-state index is 13.6. The minimum atomic E-state index is -1.94. The number of carbonyl (C=O) groups is 2. The van der Waals surface area contributed by atoms with Crippen molar-refractivity contribution in [2.45, 2.75) is 58.0 Å². The molecule has 0 radical (unpaired) electrons. The summed E-state index contributed by atoms with van der Waals surface area (Å²) in [4.78, 5) is 45.1. The zero-order chi connectivity index (χ0) is 30.0. The van der Waals surface area contributed by atoms with E-state index in [9.17, 15) is 19.5 Å². The van der Waals surface area contributed by atoms with Gasteiger partial charge in [0.05, 0.1) is 29.0 Å². The number of pyridine rings is 2. The summed E-state index contributed by atoms with van der Waals surface area (Å²) in [6.45, 7) is 7.36. The number of fused-ring (bicyclic) bond motifs is 6. The molecule has 1 aromatic carbocycles. The highest BCUT2D eigenvalue weighted by molar-refractivity contribution is 6.26. The molecule has 0 spiro atoms. The SMILES string of the molecule is B[C@@]1(O)C(=O)OCc2c1cc1n(c2=O)Cc2c-1nc1cc3c(cc1c2CN(C)CCCNC(=O)OC(C)(C)C)OCO3. The van der Waals surface area contributed by atoms with Gasteiger partial charge in [0.1, 0.15) is 17.7 Å².